The summed E-state index contributed by atoms with van der Waals surface area (Å²) in [6.07, 6.45) is 19.8. The molecule has 126 valence electrons. The highest BCUT2D eigenvalue weighted by Crippen LogP contribution is 2.27. The minimum absolute atomic E-state index is 0.249. The summed E-state index contributed by atoms with van der Waals surface area (Å²) in [6.45, 7) is 12.6. The Balaban J connectivity index is 3.96. The van der Waals surface area contributed by atoms with Crippen molar-refractivity contribution in [3.05, 3.63) is 48.6 Å². The highest BCUT2D eigenvalue weighted by molar-refractivity contribution is 5.11. The summed E-state index contributed by atoms with van der Waals surface area (Å²) in [4.78, 5) is 0. The molecule has 0 amide bonds. The Hall–Kier alpha value is -1.08. The lowest BCUT2D eigenvalue weighted by molar-refractivity contribution is 0.168. The smallest absolute Gasteiger partial charge is 0.0577 e. The molecule has 22 heavy (non-hydrogen) atoms. The van der Waals surface area contributed by atoms with Crippen LogP contribution in [-0.4, -0.2) is 11.2 Å². The van der Waals surface area contributed by atoms with Gasteiger partial charge in [-0.3, -0.25) is 0 Å². The van der Waals surface area contributed by atoms with E-state index in [0.717, 1.165) is 25.7 Å². The molecule has 0 bridgehead atoms. The van der Waals surface area contributed by atoms with E-state index in [2.05, 4.69) is 64.7 Å². The van der Waals surface area contributed by atoms with Crippen molar-refractivity contribution >= 4 is 0 Å². The Morgan fingerprint density at radius 3 is 2.41 bits per heavy atom. The van der Waals surface area contributed by atoms with Gasteiger partial charge in [-0.05, 0) is 57.3 Å². The monoisotopic (exact) mass is 304 g/mol. The van der Waals surface area contributed by atoms with E-state index in [4.69, 9.17) is 0 Å². The number of rotatable bonds is 12. The lowest BCUT2D eigenvalue weighted by Gasteiger charge is -2.21. The molecule has 0 unspecified atom stereocenters. The van der Waals surface area contributed by atoms with Crippen LogP contribution in [0.4, 0.5) is 0 Å². The number of hydrogen-bond donors (Lipinski definition) is 1. The maximum atomic E-state index is 9.65. The average molecular weight is 305 g/mol. The maximum absolute atomic E-state index is 9.65. The van der Waals surface area contributed by atoms with Gasteiger partial charge in [0.15, 0.2) is 0 Å². The second-order valence-electron chi connectivity index (χ2n) is 6.50. The standard InChI is InChI=1S/C21H36O/c1-6-14-20(22)17-16-19(4)15-12-10-9-11-13-18-21(5,7-2)8-3/h6,10,12-13,15,18,20,22H,1,7-9,11,14,16-17H2,2-5H3/t20-/m0/s1. The highest BCUT2D eigenvalue weighted by Gasteiger charge is 2.14. The molecule has 0 fully saturated rings. The quantitative estimate of drug-likeness (QED) is 0.252. The van der Waals surface area contributed by atoms with Crippen LogP contribution in [0.5, 0.6) is 0 Å². The van der Waals surface area contributed by atoms with E-state index in [1.165, 1.54) is 18.4 Å². The SMILES string of the molecule is C=CC[C@H](O)CCC(C)=CC=CCCC=CC(C)(CC)CC. The average Bonchev–Trinajstić information content (AvgIpc) is 2.52. The predicted octanol–water partition coefficient (Wildman–Crippen LogP) is 6.37. The van der Waals surface area contributed by atoms with Gasteiger partial charge in [-0.1, -0.05) is 62.8 Å². The van der Waals surface area contributed by atoms with Gasteiger partial charge < -0.3 is 5.11 Å². The van der Waals surface area contributed by atoms with E-state index < -0.39 is 0 Å². The van der Waals surface area contributed by atoms with Gasteiger partial charge in [-0.15, -0.1) is 6.58 Å². The first-order valence-electron chi connectivity index (χ1n) is 8.76. The van der Waals surface area contributed by atoms with E-state index >= 15 is 0 Å². The molecule has 1 atom stereocenters. The van der Waals surface area contributed by atoms with E-state index in [-0.39, 0.29) is 6.10 Å². The van der Waals surface area contributed by atoms with E-state index in [9.17, 15) is 5.11 Å². The van der Waals surface area contributed by atoms with Gasteiger partial charge in [0.25, 0.3) is 0 Å². The van der Waals surface area contributed by atoms with Crippen molar-refractivity contribution in [2.45, 2.75) is 78.7 Å². The molecule has 0 rings (SSSR count). The second-order valence-corrected chi connectivity index (χ2v) is 6.50. The minimum atomic E-state index is -0.249. The van der Waals surface area contributed by atoms with Crippen molar-refractivity contribution < 1.29 is 5.11 Å². The topological polar surface area (TPSA) is 20.2 Å². The van der Waals surface area contributed by atoms with Crippen LogP contribution >= 0.6 is 0 Å². The molecule has 0 aliphatic heterocycles. The molecule has 0 radical (unpaired) electrons. The third kappa shape index (κ3) is 10.6. The molecule has 1 heteroatoms. The second kappa shape index (κ2) is 12.5. The van der Waals surface area contributed by atoms with Gasteiger partial charge in [0.2, 0.25) is 0 Å². The Morgan fingerprint density at radius 1 is 1.18 bits per heavy atom. The Kier molecular flexibility index (Phi) is 11.9. The first kappa shape index (κ1) is 20.9. The molecule has 0 heterocycles. The molecule has 0 aromatic heterocycles. The third-order valence-electron chi connectivity index (χ3n) is 4.46. The van der Waals surface area contributed by atoms with Crippen molar-refractivity contribution in [1.29, 1.82) is 0 Å². The molecule has 0 aliphatic carbocycles. The van der Waals surface area contributed by atoms with Gasteiger partial charge in [0, 0.05) is 0 Å². The van der Waals surface area contributed by atoms with Gasteiger partial charge in [0.05, 0.1) is 6.10 Å². The lowest BCUT2D eigenvalue weighted by atomic mass is 9.84. The van der Waals surface area contributed by atoms with Crippen LogP contribution in [-0.2, 0) is 0 Å². The van der Waals surface area contributed by atoms with Crippen LogP contribution < -0.4 is 0 Å². The first-order valence-corrected chi connectivity index (χ1v) is 8.76. The van der Waals surface area contributed by atoms with Crippen LogP contribution in [0.2, 0.25) is 0 Å². The summed E-state index contributed by atoms with van der Waals surface area (Å²) >= 11 is 0. The summed E-state index contributed by atoms with van der Waals surface area (Å²) in [5, 5.41) is 9.65. The van der Waals surface area contributed by atoms with Crippen LogP contribution in [0.1, 0.15) is 72.6 Å². The number of hydrogen-bond acceptors (Lipinski definition) is 1. The summed E-state index contributed by atoms with van der Waals surface area (Å²) in [5.74, 6) is 0. The molecule has 0 saturated heterocycles. The highest BCUT2D eigenvalue weighted by atomic mass is 16.3. The van der Waals surface area contributed by atoms with Crippen LogP contribution in [0.3, 0.4) is 0 Å². The predicted molar refractivity (Wildman–Crippen MR) is 100 cm³/mol. The van der Waals surface area contributed by atoms with Gasteiger partial charge >= 0.3 is 0 Å². The van der Waals surface area contributed by atoms with Gasteiger partial charge in [0.1, 0.15) is 0 Å². The zero-order valence-electron chi connectivity index (χ0n) is 15.1. The number of allylic oxidation sites excluding steroid dienone is 6. The van der Waals surface area contributed by atoms with Gasteiger partial charge in [-0.25, -0.2) is 0 Å². The normalized spacial score (nSPS) is 14.9. The van der Waals surface area contributed by atoms with Crippen molar-refractivity contribution in [3.63, 3.8) is 0 Å². The van der Waals surface area contributed by atoms with Crippen molar-refractivity contribution in [2.24, 2.45) is 5.41 Å². The fourth-order valence-electron chi connectivity index (χ4n) is 2.16. The number of aliphatic hydroxyl groups excluding tert-OH is 1. The summed E-state index contributed by atoms with van der Waals surface area (Å²) in [6, 6.07) is 0. The molecule has 0 aliphatic rings. The van der Waals surface area contributed by atoms with E-state index in [1.807, 2.05) is 0 Å². The molecule has 0 aromatic rings. The lowest BCUT2D eigenvalue weighted by Crippen LogP contribution is -2.09. The van der Waals surface area contributed by atoms with Crippen LogP contribution in [0.15, 0.2) is 48.6 Å². The fraction of sp³-hybridized carbons (Fsp3) is 0.619. The molecular weight excluding hydrogens is 268 g/mol. The molecule has 1 N–H and O–H groups in total. The molecule has 0 spiro atoms. The number of unbranched alkanes of at least 4 members (excludes halogenated alkanes) is 1. The van der Waals surface area contributed by atoms with Crippen LogP contribution in [0.25, 0.3) is 0 Å². The first-order chi connectivity index (χ1) is 10.5. The van der Waals surface area contributed by atoms with E-state index in [1.54, 1.807) is 6.08 Å². The minimum Gasteiger partial charge on any atom is -0.393 e. The van der Waals surface area contributed by atoms with E-state index in [0.29, 0.717) is 11.8 Å². The summed E-state index contributed by atoms with van der Waals surface area (Å²) < 4.78 is 0. The van der Waals surface area contributed by atoms with Crippen molar-refractivity contribution in [2.75, 3.05) is 0 Å². The molecule has 0 saturated carbocycles. The molecule has 0 aromatic carbocycles. The van der Waals surface area contributed by atoms with Gasteiger partial charge in [-0.2, -0.15) is 0 Å². The van der Waals surface area contributed by atoms with Crippen molar-refractivity contribution in [1.82, 2.24) is 0 Å². The summed E-state index contributed by atoms with van der Waals surface area (Å²) in [7, 11) is 0. The summed E-state index contributed by atoms with van der Waals surface area (Å²) in [5.41, 5.74) is 1.69. The Morgan fingerprint density at radius 2 is 1.82 bits per heavy atom. The largest absolute Gasteiger partial charge is 0.393 e. The molecule has 1 nitrogen and oxygen atoms in total. The van der Waals surface area contributed by atoms with Crippen LogP contribution in [0, 0.1) is 5.41 Å². The Labute approximate surface area is 138 Å². The zero-order valence-corrected chi connectivity index (χ0v) is 15.1. The third-order valence-corrected chi connectivity index (χ3v) is 4.46. The molecular formula is C21H36O. The maximum Gasteiger partial charge on any atom is 0.0577 e. The number of aliphatic hydroxyl groups is 1. The van der Waals surface area contributed by atoms with Crippen molar-refractivity contribution in [3.8, 4) is 0 Å². The zero-order chi connectivity index (χ0) is 16.8. The Bertz CT molecular complexity index is 369. The fourth-order valence-corrected chi connectivity index (χ4v) is 2.16.